The van der Waals surface area contributed by atoms with E-state index < -0.39 is 23.6 Å². The van der Waals surface area contributed by atoms with Crippen LogP contribution in [0.3, 0.4) is 0 Å². The van der Waals surface area contributed by atoms with Crippen LogP contribution in [0.25, 0.3) is 0 Å². The monoisotopic (exact) mass is 514 g/mol. The molecule has 2 rings (SSSR count). The summed E-state index contributed by atoms with van der Waals surface area (Å²) >= 11 is 0. The van der Waals surface area contributed by atoms with Crippen molar-refractivity contribution in [3.8, 4) is 0 Å². The van der Waals surface area contributed by atoms with Crippen LogP contribution in [0, 0.1) is 21.7 Å². The van der Waals surface area contributed by atoms with Crippen molar-refractivity contribution in [3.63, 3.8) is 0 Å². The lowest BCUT2D eigenvalue weighted by Crippen LogP contribution is -2.26. The molecule has 0 bridgehead atoms. The Morgan fingerprint density at radius 2 is 1.00 bits per heavy atom. The number of carboxylic acids is 1. The van der Waals surface area contributed by atoms with E-state index in [0.29, 0.717) is 18.3 Å². The second-order valence-electron chi connectivity index (χ2n) is 14.6. The molecule has 0 fully saturated rings. The largest absolute Gasteiger partial charge is 0.481 e. The Balaban J connectivity index is 1.98. The molecule has 3 N–H and O–H groups in total. The van der Waals surface area contributed by atoms with Crippen molar-refractivity contribution in [1.29, 1.82) is 0 Å². The van der Waals surface area contributed by atoms with E-state index in [2.05, 4.69) is 72.8 Å². The third-order valence-electron chi connectivity index (χ3n) is 7.80. The lowest BCUT2D eigenvalue weighted by atomic mass is 9.75. The first-order chi connectivity index (χ1) is 16.8. The van der Waals surface area contributed by atoms with Crippen molar-refractivity contribution in [3.05, 3.63) is 46.6 Å². The summed E-state index contributed by atoms with van der Waals surface area (Å²) in [5, 5.41) is 31.7. The van der Waals surface area contributed by atoms with Crippen LogP contribution in [0.5, 0.6) is 0 Å². The van der Waals surface area contributed by atoms with Gasteiger partial charge in [0, 0.05) is 10.8 Å². The SMILES string of the molecule is CC1(C)C=C(CCCC2=CC(C)(C)C=C(CCCC(C)(C)C(=O)O)C2O)C(O)C(CCCC(C)(C)C)=C1. The van der Waals surface area contributed by atoms with Gasteiger partial charge >= 0.3 is 5.97 Å². The van der Waals surface area contributed by atoms with E-state index in [1.807, 2.05) is 0 Å². The van der Waals surface area contributed by atoms with Crippen LogP contribution in [-0.4, -0.2) is 33.5 Å². The standard InChI is InChI=1S/C33H54O4/c1-30(2,3)17-11-15-25-21-31(4,5)19-23(27(25)34)13-10-14-24-20-32(6,7)22-26(28(24)35)16-12-18-33(8,9)29(36)37/h19-22,27-28,34-35H,10-18H2,1-9H3,(H,36,37). The first-order valence-electron chi connectivity index (χ1n) is 14.3. The first kappa shape index (κ1) is 31.6. The molecule has 2 aliphatic rings. The van der Waals surface area contributed by atoms with Crippen molar-refractivity contribution in [1.82, 2.24) is 0 Å². The Morgan fingerprint density at radius 1 is 0.676 bits per heavy atom. The Hall–Kier alpha value is -1.65. The molecule has 4 heteroatoms. The quantitative estimate of drug-likeness (QED) is 0.230. The molecule has 0 radical (unpaired) electrons. The summed E-state index contributed by atoms with van der Waals surface area (Å²) in [6.45, 7) is 19.1. The number of rotatable bonds is 12. The maximum Gasteiger partial charge on any atom is 0.309 e. The number of aliphatic carboxylic acids is 1. The Labute approximate surface area is 226 Å². The zero-order chi connectivity index (χ0) is 28.2. The van der Waals surface area contributed by atoms with Crippen LogP contribution in [0.15, 0.2) is 46.6 Å². The number of aliphatic hydroxyl groups excluding tert-OH is 2. The smallest absolute Gasteiger partial charge is 0.309 e. The van der Waals surface area contributed by atoms with Gasteiger partial charge in [0.2, 0.25) is 0 Å². The van der Waals surface area contributed by atoms with E-state index in [-0.39, 0.29) is 10.8 Å². The third kappa shape index (κ3) is 9.87. The van der Waals surface area contributed by atoms with Crippen LogP contribution in [0.1, 0.15) is 120 Å². The van der Waals surface area contributed by atoms with Gasteiger partial charge in [-0.15, -0.1) is 0 Å². The molecule has 0 spiro atoms. The van der Waals surface area contributed by atoms with Gasteiger partial charge in [0.25, 0.3) is 0 Å². The van der Waals surface area contributed by atoms with E-state index in [4.69, 9.17) is 0 Å². The Kier molecular flexibility index (Phi) is 10.3. The molecule has 0 amide bonds. The van der Waals surface area contributed by atoms with Gasteiger partial charge in [-0.05, 0) is 99.3 Å². The van der Waals surface area contributed by atoms with Crippen LogP contribution in [0.4, 0.5) is 0 Å². The molecule has 0 aromatic heterocycles. The summed E-state index contributed by atoms with van der Waals surface area (Å²) in [4.78, 5) is 11.4. The van der Waals surface area contributed by atoms with Crippen LogP contribution < -0.4 is 0 Å². The van der Waals surface area contributed by atoms with Crippen molar-refractivity contribution < 1.29 is 20.1 Å². The lowest BCUT2D eigenvalue weighted by Gasteiger charge is -2.32. The zero-order valence-electron chi connectivity index (χ0n) is 25.1. The molecule has 2 unspecified atom stereocenters. The first-order valence-corrected chi connectivity index (χ1v) is 14.3. The molecule has 210 valence electrons. The van der Waals surface area contributed by atoms with Crippen LogP contribution in [-0.2, 0) is 4.79 Å². The lowest BCUT2D eigenvalue weighted by molar-refractivity contribution is -0.147. The number of carbonyl (C=O) groups is 1. The third-order valence-corrected chi connectivity index (χ3v) is 7.80. The maximum atomic E-state index is 11.4. The summed E-state index contributed by atoms with van der Waals surface area (Å²) in [5.74, 6) is -0.777. The van der Waals surface area contributed by atoms with E-state index >= 15 is 0 Å². The topological polar surface area (TPSA) is 77.8 Å². The van der Waals surface area contributed by atoms with E-state index in [9.17, 15) is 20.1 Å². The zero-order valence-corrected chi connectivity index (χ0v) is 25.1. The second-order valence-corrected chi connectivity index (χ2v) is 14.6. The highest BCUT2D eigenvalue weighted by Gasteiger charge is 2.31. The van der Waals surface area contributed by atoms with E-state index in [1.165, 1.54) is 0 Å². The highest BCUT2D eigenvalue weighted by Crippen LogP contribution is 2.39. The molecule has 0 saturated heterocycles. The number of aliphatic hydroxyl groups is 2. The molecule has 4 nitrogen and oxygen atoms in total. The summed E-state index contributed by atoms with van der Waals surface area (Å²) in [5.41, 5.74) is 3.66. The summed E-state index contributed by atoms with van der Waals surface area (Å²) in [6.07, 6.45) is 15.4. The van der Waals surface area contributed by atoms with Crippen molar-refractivity contribution in [2.75, 3.05) is 0 Å². The molecule has 37 heavy (non-hydrogen) atoms. The van der Waals surface area contributed by atoms with Gasteiger partial charge in [0.15, 0.2) is 0 Å². The average Bonchev–Trinajstić information content (AvgIpc) is 2.72. The van der Waals surface area contributed by atoms with Gasteiger partial charge in [0.1, 0.15) is 0 Å². The predicted octanol–water partition coefficient (Wildman–Crippen LogP) is 8.16. The van der Waals surface area contributed by atoms with Crippen LogP contribution >= 0.6 is 0 Å². The summed E-state index contributed by atoms with van der Waals surface area (Å²) in [6, 6.07) is 0. The minimum absolute atomic E-state index is 0.0587. The Morgan fingerprint density at radius 3 is 1.32 bits per heavy atom. The molecule has 0 aliphatic heterocycles. The molecule has 2 aliphatic carbocycles. The van der Waals surface area contributed by atoms with E-state index in [0.717, 1.165) is 67.2 Å². The van der Waals surface area contributed by atoms with Gasteiger partial charge in [-0.25, -0.2) is 0 Å². The normalized spacial score (nSPS) is 23.6. The molecule has 0 heterocycles. The van der Waals surface area contributed by atoms with Crippen LogP contribution in [0.2, 0.25) is 0 Å². The second kappa shape index (κ2) is 12.0. The highest BCUT2D eigenvalue weighted by atomic mass is 16.4. The molecular formula is C33H54O4. The van der Waals surface area contributed by atoms with Gasteiger partial charge in [0.05, 0.1) is 17.6 Å². The highest BCUT2D eigenvalue weighted by molar-refractivity contribution is 5.73. The fraction of sp³-hybridized carbons (Fsp3) is 0.727. The van der Waals surface area contributed by atoms with E-state index in [1.54, 1.807) is 13.8 Å². The number of carboxylic acid groups (broad SMARTS) is 1. The number of allylic oxidation sites excluding steroid dienone is 4. The van der Waals surface area contributed by atoms with Gasteiger partial charge in [-0.2, -0.15) is 0 Å². The summed E-state index contributed by atoms with van der Waals surface area (Å²) < 4.78 is 0. The van der Waals surface area contributed by atoms with Gasteiger partial charge < -0.3 is 15.3 Å². The molecule has 0 saturated carbocycles. The van der Waals surface area contributed by atoms with Crippen molar-refractivity contribution >= 4 is 5.97 Å². The van der Waals surface area contributed by atoms with Crippen molar-refractivity contribution in [2.24, 2.45) is 21.7 Å². The molecular weight excluding hydrogens is 460 g/mol. The average molecular weight is 515 g/mol. The summed E-state index contributed by atoms with van der Waals surface area (Å²) in [7, 11) is 0. The minimum atomic E-state index is -0.777. The Bertz CT molecular complexity index is 934. The molecule has 0 aromatic rings. The maximum absolute atomic E-state index is 11.4. The fourth-order valence-electron chi connectivity index (χ4n) is 5.78. The minimum Gasteiger partial charge on any atom is -0.481 e. The van der Waals surface area contributed by atoms with Gasteiger partial charge in [-0.1, -0.05) is 72.8 Å². The van der Waals surface area contributed by atoms with Crippen molar-refractivity contribution in [2.45, 2.75) is 132 Å². The number of hydrogen-bond donors (Lipinski definition) is 3. The fourth-order valence-corrected chi connectivity index (χ4v) is 5.78. The molecule has 2 atom stereocenters. The predicted molar refractivity (Wildman–Crippen MR) is 154 cm³/mol. The van der Waals surface area contributed by atoms with Gasteiger partial charge in [-0.3, -0.25) is 4.79 Å². The number of hydrogen-bond acceptors (Lipinski definition) is 3. The molecule has 0 aromatic carbocycles.